The van der Waals surface area contributed by atoms with Gasteiger partial charge in [-0.1, -0.05) is 12.1 Å². The molecule has 3 aromatic rings. The van der Waals surface area contributed by atoms with Gasteiger partial charge in [0.2, 0.25) is 11.8 Å². The Bertz CT molecular complexity index is 1200. The molecule has 2 heterocycles. The summed E-state index contributed by atoms with van der Waals surface area (Å²) in [6.07, 6.45) is 6.23. The van der Waals surface area contributed by atoms with Gasteiger partial charge in [0.25, 0.3) is 0 Å². The standard InChI is InChI=1S/C25H25FN6O2/c1-32-14-19(20(15-32)25(34)30-18-9-7-17(26)8-10-18)24-28-12-16(13-29-24)6-11-23(33)31-22-5-3-2-4-21(22)27/h2-13,19-20H,14-15,27H2,1H3,(H,30,34)(H,31,33)/b11-6+. The van der Waals surface area contributed by atoms with E-state index in [0.717, 1.165) is 0 Å². The van der Waals surface area contributed by atoms with E-state index in [1.165, 1.54) is 30.3 Å². The van der Waals surface area contributed by atoms with Gasteiger partial charge in [0, 0.05) is 48.7 Å². The summed E-state index contributed by atoms with van der Waals surface area (Å²) in [6.45, 7) is 1.20. The van der Waals surface area contributed by atoms with E-state index in [-0.39, 0.29) is 29.5 Å². The maximum Gasteiger partial charge on any atom is 0.248 e. The number of halogens is 1. The monoisotopic (exact) mass is 460 g/mol. The van der Waals surface area contributed by atoms with Crippen molar-refractivity contribution in [2.45, 2.75) is 5.92 Å². The van der Waals surface area contributed by atoms with Gasteiger partial charge in [-0.15, -0.1) is 0 Å². The van der Waals surface area contributed by atoms with Crippen LogP contribution in [0.2, 0.25) is 0 Å². The number of para-hydroxylation sites is 2. The lowest BCUT2D eigenvalue weighted by molar-refractivity contribution is -0.120. The molecule has 0 radical (unpaired) electrons. The summed E-state index contributed by atoms with van der Waals surface area (Å²) in [4.78, 5) is 36.0. The number of nitrogens with one attached hydrogen (secondary N) is 2. The molecule has 0 bridgehead atoms. The fourth-order valence-corrected chi connectivity index (χ4v) is 3.88. The smallest absolute Gasteiger partial charge is 0.248 e. The van der Waals surface area contributed by atoms with E-state index in [4.69, 9.17) is 5.73 Å². The van der Waals surface area contributed by atoms with E-state index < -0.39 is 0 Å². The third-order valence-electron chi connectivity index (χ3n) is 5.62. The summed E-state index contributed by atoms with van der Waals surface area (Å²) in [5.41, 5.74) is 8.05. The molecule has 0 aliphatic carbocycles. The molecule has 1 aliphatic heterocycles. The van der Waals surface area contributed by atoms with E-state index in [0.29, 0.717) is 41.5 Å². The second-order valence-corrected chi connectivity index (χ2v) is 8.21. The zero-order valence-corrected chi connectivity index (χ0v) is 18.6. The van der Waals surface area contributed by atoms with Crippen LogP contribution in [-0.4, -0.2) is 46.8 Å². The number of nitrogens with two attached hydrogens (primary N) is 1. The van der Waals surface area contributed by atoms with Gasteiger partial charge in [0.05, 0.1) is 17.3 Å². The van der Waals surface area contributed by atoms with Crippen molar-refractivity contribution in [3.05, 3.63) is 84.2 Å². The molecule has 34 heavy (non-hydrogen) atoms. The Morgan fingerprint density at radius 2 is 1.76 bits per heavy atom. The average Bonchev–Trinajstić information content (AvgIpc) is 3.23. The first kappa shape index (κ1) is 23.1. The third-order valence-corrected chi connectivity index (χ3v) is 5.62. The molecule has 2 aromatic carbocycles. The van der Waals surface area contributed by atoms with Gasteiger partial charge in [-0.2, -0.15) is 0 Å². The number of hydrogen-bond acceptors (Lipinski definition) is 6. The Labute approximate surface area is 196 Å². The fourth-order valence-electron chi connectivity index (χ4n) is 3.88. The molecule has 0 saturated carbocycles. The van der Waals surface area contributed by atoms with Crippen molar-refractivity contribution < 1.29 is 14.0 Å². The number of nitrogens with zero attached hydrogens (tertiary/aromatic N) is 3. The number of likely N-dealkylation sites (N-methyl/N-ethyl adjacent to an activating group) is 1. The molecule has 0 spiro atoms. The van der Waals surface area contributed by atoms with Crippen molar-refractivity contribution in [3.63, 3.8) is 0 Å². The van der Waals surface area contributed by atoms with Crippen LogP contribution >= 0.6 is 0 Å². The maximum atomic E-state index is 13.1. The molecular formula is C25H25FN6O2. The van der Waals surface area contributed by atoms with Crippen molar-refractivity contribution in [2.75, 3.05) is 36.5 Å². The number of carbonyl (C=O) groups excluding carboxylic acids is 2. The molecule has 4 rings (SSSR count). The maximum absolute atomic E-state index is 13.1. The Morgan fingerprint density at radius 3 is 2.47 bits per heavy atom. The van der Waals surface area contributed by atoms with E-state index in [1.54, 1.807) is 42.7 Å². The average molecular weight is 461 g/mol. The van der Waals surface area contributed by atoms with Crippen molar-refractivity contribution >= 4 is 35.0 Å². The zero-order valence-electron chi connectivity index (χ0n) is 18.6. The number of rotatable bonds is 6. The molecule has 9 heteroatoms. The third kappa shape index (κ3) is 5.62. The Balaban J connectivity index is 1.40. The predicted molar refractivity (Wildman–Crippen MR) is 129 cm³/mol. The lowest BCUT2D eigenvalue weighted by Crippen LogP contribution is -2.29. The summed E-state index contributed by atoms with van der Waals surface area (Å²) >= 11 is 0. The summed E-state index contributed by atoms with van der Waals surface area (Å²) in [5.74, 6) is -0.823. The highest BCUT2D eigenvalue weighted by atomic mass is 19.1. The minimum atomic E-state index is -0.360. The lowest BCUT2D eigenvalue weighted by Gasteiger charge is -2.17. The number of amides is 2. The number of hydrogen-bond donors (Lipinski definition) is 3. The van der Waals surface area contributed by atoms with Gasteiger partial charge in [-0.05, 0) is 49.5 Å². The fraction of sp³-hybridized carbons (Fsp3) is 0.200. The second kappa shape index (κ2) is 10.2. The first-order valence-corrected chi connectivity index (χ1v) is 10.8. The van der Waals surface area contributed by atoms with E-state index >= 15 is 0 Å². The van der Waals surface area contributed by atoms with Gasteiger partial charge in [-0.25, -0.2) is 14.4 Å². The normalized spacial score (nSPS) is 18.2. The van der Waals surface area contributed by atoms with Crippen LogP contribution in [0.4, 0.5) is 21.5 Å². The van der Waals surface area contributed by atoms with Crippen LogP contribution in [0, 0.1) is 11.7 Å². The van der Waals surface area contributed by atoms with Gasteiger partial charge < -0.3 is 21.3 Å². The highest BCUT2D eigenvalue weighted by Gasteiger charge is 2.38. The number of aromatic nitrogens is 2. The predicted octanol–water partition coefficient (Wildman–Crippen LogP) is 3.13. The number of likely N-dealkylation sites (tertiary alicyclic amines) is 1. The molecule has 2 atom stereocenters. The molecular weight excluding hydrogens is 435 g/mol. The van der Waals surface area contributed by atoms with Crippen molar-refractivity contribution in [2.24, 2.45) is 5.92 Å². The number of anilines is 3. The highest BCUT2D eigenvalue weighted by molar-refractivity contribution is 6.03. The van der Waals surface area contributed by atoms with E-state index in [9.17, 15) is 14.0 Å². The molecule has 2 amide bonds. The van der Waals surface area contributed by atoms with Crippen molar-refractivity contribution in [3.8, 4) is 0 Å². The van der Waals surface area contributed by atoms with Crippen LogP contribution in [0.1, 0.15) is 17.3 Å². The van der Waals surface area contributed by atoms with Crippen LogP contribution in [0.15, 0.2) is 67.0 Å². The van der Waals surface area contributed by atoms with E-state index in [2.05, 4.69) is 25.5 Å². The Morgan fingerprint density at radius 1 is 1.06 bits per heavy atom. The quantitative estimate of drug-likeness (QED) is 0.385. The topological polar surface area (TPSA) is 113 Å². The van der Waals surface area contributed by atoms with Crippen molar-refractivity contribution in [1.82, 2.24) is 14.9 Å². The molecule has 1 saturated heterocycles. The summed E-state index contributed by atoms with van der Waals surface area (Å²) < 4.78 is 13.1. The van der Waals surface area contributed by atoms with Crippen LogP contribution in [0.25, 0.3) is 6.08 Å². The minimum absolute atomic E-state index is 0.162. The highest BCUT2D eigenvalue weighted by Crippen LogP contribution is 2.31. The summed E-state index contributed by atoms with van der Waals surface area (Å²) in [5, 5.41) is 5.57. The van der Waals surface area contributed by atoms with Gasteiger partial charge in [0.1, 0.15) is 11.6 Å². The number of benzene rings is 2. The lowest BCUT2D eigenvalue weighted by atomic mass is 9.94. The Hall–Kier alpha value is -4.11. The van der Waals surface area contributed by atoms with E-state index in [1.807, 2.05) is 7.05 Å². The first-order valence-electron chi connectivity index (χ1n) is 10.8. The van der Waals surface area contributed by atoms with Gasteiger partial charge in [-0.3, -0.25) is 9.59 Å². The van der Waals surface area contributed by atoms with Crippen LogP contribution in [-0.2, 0) is 9.59 Å². The van der Waals surface area contributed by atoms with Crippen LogP contribution in [0.5, 0.6) is 0 Å². The zero-order chi connectivity index (χ0) is 24.1. The van der Waals surface area contributed by atoms with Crippen molar-refractivity contribution in [1.29, 1.82) is 0 Å². The molecule has 8 nitrogen and oxygen atoms in total. The van der Waals surface area contributed by atoms with Gasteiger partial charge in [0.15, 0.2) is 0 Å². The second-order valence-electron chi connectivity index (χ2n) is 8.21. The SMILES string of the molecule is CN1CC(C(=O)Nc2ccc(F)cc2)C(c2ncc(/C=C/C(=O)Nc3ccccc3N)cn2)C1. The van der Waals surface area contributed by atoms with Crippen LogP contribution < -0.4 is 16.4 Å². The number of nitrogen functional groups attached to an aromatic ring is 1. The summed E-state index contributed by atoms with van der Waals surface area (Å²) in [7, 11) is 1.94. The molecule has 1 aliphatic rings. The molecule has 174 valence electrons. The van der Waals surface area contributed by atoms with Crippen LogP contribution in [0.3, 0.4) is 0 Å². The molecule has 2 unspecified atom stereocenters. The first-order chi connectivity index (χ1) is 16.4. The minimum Gasteiger partial charge on any atom is -0.397 e. The number of carbonyl (C=O) groups is 2. The Kier molecular flexibility index (Phi) is 6.93. The summed E-state index contributed by atoms with van der Waals surface area (Å²) in [6, 6.07) is 12.7. The molecule has 4 N–H and O–H groups in total. The van der Waals surface area contributed by atoms with Gasteiger partial charge >= 0.3 is 0 Å². The largest absolute Gasteiger partial charge is 0.397 e. The molecule has 1 fully saturated rings. The molecule has 1 aromatic heterocycles.